The number of carbonyl (C=O) groups excluding carboxylic acids is 1. The Morgan fingerprint density at radius 3 is 2.86 bits per heavy atom. The van der Waals surface area contributed by atoms with Crippen molar-refractivity contribution in [3.05, 3.63) is 63.3 Å². The third-order valence-electron chi connectivity index (χ3n) is 5.30. The molecule has 0 aliphatic carbocycles. The number of amidine groups is 1. The monoisotopic (exact) mass is 508 g/mol. The maximum Gasteiger partial charge on any atom is 0.507 e. The first kappa shape index (κ1) is 24.7. The second kappa shape index (κ2) is 10.9. The van der Waals surface area contributed by atoms with Gasteiger partial charge in [-0.05, 0) is 24.6 Å². The first-order valence-electron chi connectivity index (χ1n) is 10.7. The Kier molecular flexibility index (Phi) is 7.68. The number of nitrogens with one attached hydrogen (secondary N) is 1. The smallest absolute Gasteiger partial charge is 0.463 e. The molecule has 2 atom stereocenters. The van der Waals surface area contributed by atoms with Gasteiger partial charge in [-0.3, -0.25) is 9.89 Å². The van der Waals surface area contributed by atoms with Crippen LogP contribution in [0, 0.1) is 11.6 Å². The van der Waals surface area contributed by atoms with Gasteiger partial charge in [0.05, 0.1) is 25.4 Å². The molecule has 186 valence electrons. The lowest BCUT2D eigenvalue weighted by molar-refractivity contribution is -0.139. The van der Waals surface area contributed by atoms with E-state index in [1.165, 1.54) is 17.4 Å². The van der Waals surface area contributed by atoms with Gasteiger partial charge in [0.25, 0.3) is 0 Å². The Balaban J connectivity index is 1.80. The molecule has 4 rings (SSSR count). The van der Waals surface area contributed by atoms with E-state index in [1.807, 2.05) is 0 Å². The molecule has 0 bridgehead atoms. The van der Waals surface area contributed by atoms with Crippen LogP contribution in [0.4, 0.5) is 13.6 Å². The Labute approximate surface area is 202 Å². The topological polar surface area (TPSA) is 123 Å². The van der Waals surface area contributed by atoms with Crippen LogP contribution in [0.1, 0.15) is 23.5 Å². The molecule has 1 saturated heterocycles. The highest BCUT2D eigenvalue weighted by molar-refractivity contribution is 7.11. The van der Waals surface area contributed by atoms with Crippen LogP contribution in [0.5, 0.6) is 0 Å². The minimum Gasteiger partial charge on any atom is -0.463 e. The Morgan fingerprint density at radius 2 is 2.17 bits per heavy atom. The Morgan fingerprint density at radius 1 is 1.34 bits per heavy atom. The van der Waals surface area contributed by atoms with Crippen molar-refractivity contribution in [2.24, 2.45) is 4.99 Å². The van der Waals surface area contributed by atoms with Gasteiger partial charge >= 0.3 is 12.1 Å². The Hall–Kier alpha value is -3.42. The molecule has 2 N–H and O–H groups in total. The summed E-state index contributed by atoms with van der Waals surface area (Å²) in [5.74, 6) is -2.49. The van der Waals surface area contributed by atoms with E-state index in [-0.39, 0.29) is 30.9 Å². The number of ether oxygens (including phenoxy) is 3. The third-order valence-corrected chi connectivity index (χ3v) is 6.08. The van der Waals surface area contributed by atoms with E-state index in [1.54, 1.807) is 23.4 Å². The van der Waals surface area contributed by atoms with E-state index in [2.05, 4.69) is 15.3 Å². The van der Waals surface area contributed by atoms with Crippen LogP contribution < -0.4 is 5.32 Å². The fourth-order valence-electron chi connectivity index (χ4n) is 3.77. The molecule has 1 aromatic carbocycles. The molecule has 0 amide bonds. The number of carboxylic acid groups (broad SMARTS) is 1. The van der Waals surface area contributed by atoms with E-state index in [0.717, 1.165) is 12.1 Å². The van der Waals surface area contributed by atoms with Crippen molar-refractivity contribution in [1.82, 2.24) is 15.2 Å². The summed E-state index contributed by atoms with van der Waals surface area (Å²) >= 11 is 1.30. The van der Waals surface area contributed by atoms with Gasteiger partial charge in [-0.1, -0.05) is 6.07 Å². The Bertz CT molecular complexity index is 1160. The predicted octanol–water partition coefficient (Wildman–Crippen LogP) is 2.68. The van der Waals surface area contributed by atoms with Crippen LogP contribution >= 0.6 is 11.3 Å². The predicted molar refractivity (Wildman–Crippen MR) is 120 cm³/mol. The zero-order valence-corrected chi connectivity index (χ0v) is 19.4. The van der Waals surface area contributed by atoms with E-state index in [0.29, 0.717) is 29.7 Å². The van der Waals surface area contributed by atoms with Gasteiger partial charge in [0.15, 0.2) is 28.7 Å². The second-order valence-electron chi connectivity index (χ2n) is 7.51. The molecule has 0 unspecified atom stereocenters. The number of halogens is 2. The molecule has 35 heavy (non-hydrogen) atoms. The number of esters is 1. The zero-order chi connectivity index (χ0) is 24.9. The molecule has 0 radical (unpaired) electrons. The van der Waals surface area contributed by atoms with Crippen LogP contribution in [0.15, 0.2) is 46.0 Å². The highest BCUT2D eigenvalue weighted by Crippen LogP contribution is 2.34. The number of hydrogen-bond donors (Lipinski definition) is 2. The van der Waals surface area contributed by atoms with Crippen molar-refractivity contribution < 1.29 is 37.7 Å². The van der Waals surface area contributed by atoms with E-state index >= 15 is 0 Å². The average molecular weight is 509 g/mol. The number of thiazole rings is 1. The normalized spacial score (nSPS) is 20.7. The summed E-state index contributed by atoms with van der Waals surface area (Å²) in [5.41, 5.74) is 0.665. The standard InChI is InChI=1S/C22H22F2N4O6S/c1-2-33-21(29)17-15(10-28-6-7-32-11-16(28)34-22(30)31)26-19(20-25-5-8-35-20)27-18(17)12-3-4-13(23)14(24)9-12/h3-5,8-9,16,18H,2,6-7,10-11H2,1H3,(H,26,27)(H,30,31)/t16-,18-/m0/s1. The van der Waals surface area contributed by atoms with E-state index < -0.39 is 36.0 Å². The molecule has 1 aromatic heterocycles. The first-order valence-corrected chi connectivity index (χ1v) is 11.6. The van der Waals surface area contributed by atoms with Gasteiger partial charge in [0.2, 0.25) is 0 Å². The van der Waals surface area contributed by atoms with Crippen LogP contribution in [-0.2, 0) is 19.0 Å². The lowest BCUT2D eigenvalue weighted by Crippen LogP contribution is -2.50. The highest BCUT2D eigenvalue weighted by Gasteiger charge is 2.36. The molecule has 2 aromatic rings. The molecule has 2 aliphatic heterocycles. The van der Waals surface area contributed by atoms with Crippen molar-refractivity contribution in [2.45, 2.75) is 19.2 Å². The van der Waals surface area contributed by atoms with Crippen molar-refractivity contribution in [1.29, 1.82) is 0 Å². The fraction of sp³-hybridized carbons (Fsp3) is 0.364. The number of hydrogen-bond acceptors (Lipinski definition) is 10. The van der Waals surface area contributed by atoms with Crippen molar-refractivity contribution >= 4 is 29.3 Å². The van der Waals surface area contributed by atoms with Crippen LogP contribution in [0.2, 0.25) is 0 Å². The molecule has 3 heterocycles. The lowest BCUT2D eigenvalue weighted by Gasteiger charge is -2.36. The molecule has 0 saturated carbocycles. The number of nitrogens with zero attached hydrogens (tertiary/aromatic N) is 3. The molecule has 13 heteroatoms. The van der Waals surface area contributed by atoms with Crippen molar-refractivity contribution in [3.8, 4) is 0 Å². The van der Waals surface area contributed by atoms with Crippen LogP contribution in [-0.4, -0.2) is 72.1 Å². The quantitative estimate of drug-likeness (QED) is 0.544. The summed E-state index contributed by atoms with van der Waals surface area (Å²) in [6.07, 6.45) is -0.797. The second-order valence-corrected chi connectivity index (χ2v) is 8.41. The number of aromatic nitrogens is 1. The largest absolute Gasteiger partial charge is 0.507 e. The number of morpholine rings is 1. The maximum absolute atomic E-state index is 14.1. The summed E-state index contributed by atoms with van der Waals surface area (Å²) in [4.78, 5) is 34.8. The minimum atomic E-state index is -1.47. The number of carbonyl (C=O) groups is 2. The maximum atomic E-state index is 14.1. The zero-order valence-electron chi connectivity index (χ0n) is 18.6. The molecule has 10 nitrogen and oxygen atoms in total. The van der Waals surface area contributed by atoms with Gasteiger partial charge in [-0.2, -0.15) is 0 Å². The fourth-order valence-corrected chi connectivity index (χ4v) is 4.35. The van der Waals surface area contributed by atoms with Gasteiger partial charge in [-0.25, -0.2) is 23.4 Å². The highest BCUT2D eigenvalue weighted by atomic mass is 32.1. The summed E-state index contributed by atoms with van der Waals surface area (Å²) in [5, 5.41) is 14.5. The molecule has 1 fully saturated rings. The first-order chi connectivity index (χ1) is 16.9. The summed E-state index contributed by atoms with van der Waals surface area (Å²) in [6, 6.07) is 2.27. The number of benzene rings is 1. The third kappa shape index (κ3) is 5.63. The molecule has 2 aliphatic rings. The molecule has 0 spiro atoms. The van der Waals surface area contributed by atoms with Gasteiger partial charge in [0.1, 0.15) is 6.04 Å². The van der Waals surface area contributed by atoms with Crippen LogP contribution in [0.3, 0.4) is 0 Å². The van der Waals surface area contributed by atoms with Gasteiger partial charge in [0, 0.05) is 30.4 Å². The van der Waals surface area contributed by atoms with E-state index in [4.69, 9.17) is 19.3 Å². The molecular weight excluding hydrogens is 486 g/mol. The summed E-state index contributed by atoms with van der Waals surface area (Å²) in [6.45, 7) is 2.41. The van der Waals surface area contributed by atoms with Gasteiger partial charge < -0.3 is 24.6 Å². The van der Waals surface area contributed by atoms with Crippen molar-refractivity contribution in [3.63, 3.8) is 0 Å². The number of rotatable bonds is 7. The lowest BCUT2D eigenvalue weighted by atomic mass is 9.95. The average Bonchev–Trinajstić information content (AvgIpc) is 3.36. The minimum absolute atomic E-state index is 0.00828. The van der Waals surface area contributed by atoms with Gasteiger partial charge in [-0.15, -0.1) is 11.3 Å². The summed E-state index contributed by atoms with van der Waals surface area (Å²) in [7, 11) is 0. The summed E-state index contributed by atoms with van der Waals surface area (Å²) < 4.78 is 43.4. The molecular formula is C22H22F2N4O6S. The van der Waals surface area contributed by atoms with Crippen LogP contribution in [0.25, 0.3) is 0 Å². The van der Waals surface area contributed by atoms with Crippen molar-refractivity contribution in [2.75, 3.05) is 32.9 Å². The number of aliphatic imine (C=N–C) groups is 1. The van der Waals surface area contributed by atoms with E-state index in [9.17, 15) is 18.4 Å². The SMILES string of the molecule is CCOC(=O)C1=C(CN2CCOC[C@@H]2OC(=O)O)NC(c2nccs2)=N[C@H]1c1ccc(F)c(F)c1.